The Balaban J connectivity index is 1.63. The van der Waals surface area contributed by atoms with Gasteiger partial charge in [0.25, 0.3) is 0 Å². The molecule has 2 aliphatic rings. The van der Waals surface area contributed by atoms with Crippen molar-refractivity contribution in [2.24, 2.45) is 10.9 Å². The smallest absolute Gasteiger partial charge is 0.166 e. The van der Waals surface area contributed by atoms with Gasteiger partial charge < -0.3 is 9.64 Å². The molecule has 0 saturated heterocycles. The number of nitrogens with zero attached hydrogens (tertiary/aromatic N) is 3. The first-order valence-electron chi connectivity index (χ1n) is 11.5. The maximum absolute atomic E-state index is 5.50. The molecule has 2 aromatic rings. The molecule has 1 aromatic carbocycles. The standard InChI is InChI=1S/C25H35N3OS/c1-5-29-12-6-11-26-25-28(21-9-7-17(2)8-10-21)16-20-15-22-19(4)13-18(3)14-23(22)27-24(20)30-25/h13-15,17,21H,5-12,16H2,1-4H3. The van der Waals surface area contributed by atoms with E-state index in [2.05, 4.69) is 43.9 Å². The summed E-state index contributed by atoms with van der Waals surface area (Å²) in [6, 6.07) is 7.45. The van der Waals surface area contributed by atoms with Crippen LogP contribution in [0.25, 0.3) is 10.9 Å². The minimum absolute atomic E-state index is 0.599. The molecule has 0 spiro atoms. The summed E-state index contributed by atoms with van der Waals surface area (Å²) in [7, 11) is 0. The Hall–Kier alpha value is -1.59. The first-order valence-corrected chi connectivity index (χ1v) is 12.3. The Morgan fingerprint density at radius 1 is 1.17 bits per heavy atom. The number of hydrogen-bond acceptors (Lipinski definition) is 4. The van der Waals surface area contributed by atoms with Crippen molar-refractivity contribution in [3.05, 3.63) is 34.9 Å². The maximum atomic E-state index is 5.50. The number of rotatable bonds is 6. The Labute approximate surface area is 185 Å². The van der Waals surface area contributed by atoms with Crippen molar-refractivity contribution in [3.63, 3.8) is 0 Å². The number of ether oxygens (including phenoxy) is 1. The normalized spacial score (nSPS) is 23.2. The van der Waals surface area contributed by atoms with Crippen LogP contribution in [0.1, 0.15) is 62.6 Å². The van der Waals surface area contributed by atoms with Gasteiger partial charge in [0.15, 0.2) is 5.17 Å². The molecule has 4 rings (SSSR count). The zero-order chi connectivity index (χ0) is 21.1. The third-order valence-electron chi connectivity index (χ3n) is 6.42. The fourth-order valence-electron chi connectivity index (χ4n) is 4.70. The van der Waals surface area contributed by atoms with Crippen molar-refractivity contribution in [1.29, 1.82) is 0 Å². The average Bonchev–Trinajstić information content (AvgIpc) is 2.72. The molecule has 1 aliphatic heterocycles. The van der Waals surface area contributed by atoms with Crippen LogP contribution >= 0.6 is 11.8 Å². The highest BCUT2D eigenvalue weighted by Crippen LogP contribution is 2.38. The predicted molar refractivity (Wildman–Crippen MR) is 127 cm³/mol. The van der Waals surface area contributed by atoms with Crippen molar-refractivity contribution < 1.29 is 4.74 Å². The fourth-order valence-corrected chi connectivity index (χ4v) is 5.76. The largest absolute Gasteiger partial charge is 0.382 e. The predicted octanol–water partition coefficient (Wildman–Crippen LogP) is 6.12. The van der Waals surface area contributed by atoms with Gasteiger partial charge in [-0.3, -0.25) is 4.99 Å². The van der Waals surface area contributed by atoms with E-state index in [1.807, 2.05) is 6.92 Å². The highest BCUT2D eigenvalue weighted by Gasteiger charge is 2.31. The average molecular weight is 426 g/mol. The summed E-state index contributed by atoms with van der Waals surface area (Å²) < 4.78 is 5.50. The van der Waals surface area contributed by atoms with Gasteiger partial charge in [0.05, 0.1) is 5.52 Å². The first-order chi connectivity index (χ1) is 14.5. The summed E-state index contributed by atoms with van der Waals surface area (Å²) in [4.78, 5) is 12.7. The quantitative estimate of drug-likeness (QED) is 0.523. The van der Waals surface area contributed by atoms with Crippen molar-refractivity contribution in [2.45, 2.75) is 77.4 Å². The van der Waals surface area contributed by atoms with Crippen LogP contribution in [0.5, 0.6) is 0 Å². The minimum Gasteiger partial charge on any atom is -0.382 e. The molecule has 1 fully saturated rings. The molecule has 2 heterocycles. The molecule has 0 radical (unpaired) electrons. The van der Waals surface area contributed by atoms with E-state index >= 15 is 0 Å². The fraction of sp³-hybridized carbons (Fsp3) is 0.600. The molecule has 0 unspecified atom stereocenters. The molecule has 1 aliphatic carbocycles. The number of aromatic nitrogens is 1. The lowest BCUT2D eigenvalue weighted by molar-refractivity contribution is 0.146. The van der Waals surface area contributed by atoms with Crippen molar-refractivity contribution in [2.75, 3.05) is 19.8 Å². The van der Waals surface area contributed by atoms with Crippen LogP contribution in [0.2, 0.25) is 0 Å². The number of aryl methyl sites for hydroxylation is 2. The van der Waals surface area contributed by atoms with Crippen molar-refractivity contribution in [3.8, 4) is 0 Å². The number of aliphatic imine (C=N–C) groups is 1. The summed E-state index contributed by atoms with van der Waals surface area (Å²) >= 11 is 1.77. The first kappa shape index (κ1) is 21.6. The molecule has 30 heavy (non-hydrogen) atoms. The van der Waals surface area contributed by atoms with E-state index in [1.54, 1.807) is 11.8 Å². The van der Waals surface area contributed by atoms with Gasteiger partial charge in [-0.25, -0.2) is 4.98 Å². The third kappa shape index (κ3) is 4.83. The van der Waals surface area contributed by atoms with E-state index in [4.69, 9.17) is 14.7 Å². The molecule has 0 N–H and O–H groups in total. The lowest BCUT2D eigenvalue weighted by atomic mass is 9.86. The summed E-state index contributed by atoms with van der Waals surface area (Å²) in [6.45, 7) is 12.1. The van der Waals surface area contributed by atoms with Gasteiger partial charge in [-0.05, 0) is 93.8 Å². The SMILES string of the molecule is CCOCCCN=C1Sc2nc3cc(C)cc(C)c3cc2CN1C1CCC(C)CC1. The lowest BCUT2D eigenvalue weighted by Crippen LogP contribution is -2.42. The topological polar surface area (TPSA) is 37.7 Å². The van der Waals surface area contributed by atoms with Crippen LogP contribution in [0, 0.1) is 19.8 Å². The monoisotopic (exact) mass is 425 g/mol. The summed E-state index contributed by atoms with van der Waals surface area (Å²) in [5.74, 6) is 0.856. The third-order valence-corrected chi connectivity index (χ3v) is 7.52. The number of fused-ring (bicyclic) bond motifs is 2. The van der Waals surface area contributed by atoms with Gasteiger partial charge in [-0.15, -0.1) is 0 Å². The van der Waals surface area contributed by atoms with Crippen molar-refractivity contribution >= 4 is 27.8 Å². The minimum atomic E-state index is 0.599. The molecule has 1 saturated carbocycles. The molecule has 0 bridgehead atoms. The van der Waals surface area contributed by atoms with Gasteiger partial charge in [-0.1, -0.05) is 13.0 Å². The molecule has 162 valence electrons. The maximum Gasteiger partial charge on any atom is 0.166 e. The van der Waals surface area contributed by atoms with E-state index < -0.39 is 0 Å². The molecular weight excluding hydrogens is 390 g/mol. The zero-order valence-corrected chi connectivity index (χ0v) is 19.7. The van der Waals surface area contributed by atoms with Gasteiger partial charge in [-0.2, -0.15) is 0 Å². The van der Waals surface area contributed by atoms with Crippen LogP contribution in [0.15, 0.2) is 28.2 Å². The molecule has 4 nitrogen and oxygen atoms in total. The van der Waals surface area contributed by atoms with Crippen LogP contribution in [-0.2, 0) is 11.3 Å². The number of benzene rings is 1. The Morgan fingerprint density at radius 3 is 2.73 bits per heavy atom. The van der Waals surface area contributed by atoms with E-state index in [9.17, 15) is 0 Å². The summed E-state index contributed by atoms with van der Waals surface area (Å²) in [6.07, 6.45) is 6.17. The van der Waals surface area contributed by atoms with Crippen LogP contribution in [-0.4, -0.2) is 40.9 Å². The van der Waals surface area contributed by atoms with Crippen molar-refractivity contribution in [1.82, 2.24) is 9.88 Å². The van der Waals surface area contributed by atoms with Gasteiger partial charge in [0.2, 0.25) is 0 Å². The zero-order valence-electron chi connectivity index (χ0n) is 18.9. The summed E-state index contributed by atoms with van der Waals surface area (Å²) in [5, 5.41) is 3.58. The number of thioether (sulfide) groups is 1. The summed E-state index contributed by atoms with van der Waals surface area (Å²) in [5.41, 5.74) is 5.05. The molecule has 0 amide bonds. The van der Waals surface area contributed by atoms with Gasteiger partial charge in [0.1, 0.15) is 5.03 Å². The second-order valence-electron chi connectivity index (χ2n) is 8.96. The number of amidine groups is 1. The number of hydrogen-bond donors (Lipinski definition) is 0. The molecule has 5 heteroatoms. The van der Waals surface area contributed by atoms with Crippen LogP contribution in [0.4, 0.5) is 0 Å². The molecular formula is C25H35N3OS. The Morgan fingerprint density at radius 2 is 1.97 bits per heavy atom. The molecule has 1 aromatic heterocycles. The van der Waals surface area contributed by atoms with E-state index in [-0.39, 0.29) is 0 Å². The van der Waals surface area contributed by atoms with E-state index in [1.165, 1.54) is 47.8 Å². The highest BCUT2D eigenvalue weighted by atomic mass is 32.2. The van der Waals surface area contributed by atoms with Gasteiger partial charge >= 0.3 is 0 Å². The van der Waals surface area contributed by atoms with Gasteiger partial charge in [0, 0.05) is 43.3 Å². The Kier molecular flexibility index (Phi) is 6.99. The van der Waals surface area contributed by atoms with E-state index in [0.29, 0.717) is 6.04 Å². The lowest BCUT2D eigenvalue weighted by Gasteiger charge is -2.40. The second kappa shape index (κ2) is 9.69. The molecule has 0 atom stereocenters. The second-order valence-corrected chi connectivity index (χ2v) is 9.92. The van der Waals surface area contributed by atoms with Crippen LogP contribution in [0.3, 0.4) is 0 Å². The van der Waals surface area contributed by atoms with Crippen LogP contribution < -0.4 is 0 Å². The highest BCUT2D eigenvalue weighted by molar-refractivity contribution is 8.13. The van der Waals surface area contributed by atoms with E-state index in [0.717, 1.165) is 54.4 Å². The number of pyridine rings is 1. The Bertz CT molecular complexity index is 918.